The zero-order valence-corrected chi connectivity index (χ0v) is 29.9. The first-order valence-corrected chi connectivity index (χ1v) is 19.5. The number of nitrogens with zero attached hydrogens (tertiary/aromatic N) is 6. The standard InChI is InChI=1S/C37H45N6O2PS/c1-6-40(7-2)46(44,41(8-3)9-4)36(42(10-5)37-30(25-38)29-21-15-17-23-34(29)47-37)31-26-43(28-19-12-11-13-20-28)39-35(31)33-24-27-18-14-16-22-32(27)45-33/h11-14,16,18-20,22,24,26,36H,6-10,15,17,21,23H2,1-5H3. The molecule has 8 nitrogen and oxygen atoms in total. The van der Waals surface area contributed by atoms with E-state index < -0.39 is 13.2 Å². The monoisotopic (exact) mass is 668 g/mol. The predicted octanol–water partition coefficient (Wildman–Crippen LogP) is 9.50. The number of thiophene rings is 1. The Bertz CT molecular complexity index is 1860. The van der Waals surface area contributed by atoms with E-state index in [9.17, 15) is 5.26 Å². The second kappa shape index (κ2) is 14.2. The van der Waals surface area contributed by atoms with E-state index in [1.165, 1.54) is 10.4 Å². The zero-order valence-electron chi connectivity index (χ0n) is 28.1. The Morgan fingerprint density at radius 3 is 2.23 bits per heavy atom. The van der Waals surface area contributed by atoms with Gasteiger partial charge in [-0.3, -0.25) is 4.57 Å². The fourth-order valence-electron chi connectivity index (χ4n) is 7.15. The van der Waals surface area contributed by atoms with Gasteiger partial charge >= 0.3 is 0 Å². The molecule has 246 valence electrons. The summed E-state index contributed by atoms with van der Waals surface area (Å²) in [6.07, 6.45) is 6.16. The van der Waals surface area contributed by atoms with Crippen LogP contribution in [0, 0.1) is 11.3 Å². The SMILES string of the molecule is CCN(c1sc2c(c1C#N)CCCC2)C(c1cn(-c2ccccc2)nc1-c1cc2ccccc2o1)P(=O)(N(CC)CC)N(CC)CC. The van der Waals surface area contributed by atoms with Crippen molar-refractivity contribution in [2.45, 2.75) is 66.1 Å². The van der Waals surface area contributed by atoms with Gasteiger partial charge in [-0.1, -0.05) is 64.1 Å². The number of fused-ring (bicyclic) bond motifs is 2. The lowest BCUT2D eigenvalue weighted by Gasteiger charge is -2.46. The number of aryl methyl sites for hydroxylation is 1. The smallest absolute Gasteiger partial charge is 0.242 e. The topological polar surface area (TPSA) is 81.5 Å². The van der Waals surface area contributed by atoms with Crippen LogP contribution in [0.2, 0.25) is 0 Å². The Hall–Kier alpha value is -3.67. The van der Waals surface area contributed by atoms with Crippen LogP contribution in [0.5, 0.6) is 0 Å². The summed E-state index contributed by atoms with van der Waals surface area (Å²) < 4.78 is 29.1. The molecule has 5 aromatic rings. The number of nitriles is 1. The lowest BCUT2D eigenvalue weighted by Crippen LogP contribution is -2.41. The second-order valence-corrected chi connectivity index (χ2v) is 15.8. The minimum Gasteiger partial charge on any atom is -0.454 e. The maximum atomic E-state index is 16.4. The lowest BCUT2D eigenvalue weighted by molar-refractivity contribution is 0.347. The molecular weight excluding hydrogens is 623 g/mol. The van der Waals surface area contributed by atoms with E-state index >= 15 is 4.57 Å². The number of rotatable bonds is 13. The summed E-state index contributed by atoms with van der Waals surface area (Å²) in [6, 6.07) is 22.7. The van der Waals surface area contributed by atoms with Gasteiger partial charge in [0.05, 0.1) is 11.3 Å². The van der Waals surface area contributed by atoms with Gasteiger partial charge in [0.2, 0.25) is 7.44 Å². The quantitative estimate of drug-likeness (QED) is 0.116. The molecule has 2 aromatic carbocycles. The normalized spacial score (nSPS) is 14.1. The zero-order chi connectivity index (χ0) is 33.1. The van der Waals surface area contributed by atoms with Crippen molar-refractivity contribution < 1.29 is 8.98 Å². The molecule has 47 heavy (non-hydrogen) atoms. The van der Waals surface area contributed by atoms with E-state index in [-0.39, 0.29) is 0 Å². The van der Waals surface area contributed by atoms with Crippen molar-refractivity contribution in [2.24, 2.45) is 0 Å². The summed E-state index contributed by atoms with van der Waals surface area (Å²) in [6.45, 7) is 13.5. The van der Waals surface area contributed by atoms with Crippen molar-refractivity contribution in [3.8, 4) is 23.2 Å². The van der Waals surface area contributed by atoms with Gasteiger partial charge in [0, 0.05) is 54.7 Å². The van der Waals surface area contributed by atoms with E-state index in [2.05, 4.69) is 54.9 Å². The van der Waals surface area contributed by atoms with E-state index in [1.807, 2.05) is 71.5 Å². The Morgan fingerprint density at radius 1 is 0.936 bits per heavy atom. The molecule has 10 heteroatoms. The van der Waals surface area contributed by atoms with Crippen LogP contribution >= 0.6 is 18.8 Å². The fraction of sp³-hybridized carbons (Fsp3) is 0.405. The number of furan rings is 1. The highest BCUT2D eigenvalue weighted by Gasteiger charge is 2.49. The highest BCUT2D eigenvalue weighted by Crippen LogP contribution is 2.67. The molecule has 3 aromatic heterocycles. The molecule has 0 fully saturated rings. The molecule has 6 rings (SSSR count). The molecule has 0 aliphatic heterocycles. The molecule has 0 spiro atoms. The van der Waals surface area contributed by atoms with Crippen LogP contribution in [0.3, 0.4) is 0 Å². The molecule has 1 unspecified atom stereocenters. The van der Waals surface area contributed by atoms with Gasteiger partial charge in [0.25, 0.3) is 0 Å². The van der Waals surface area contributed by atoms with Crippen LogP contribution in [0.15, 0.2) is 71.3 Å². The first-order chi connectivity index (χ1) is 22.9. The van der Waals surface area contributed by atoms with E-state index in [4.69, 9.17) is 9.52 Å². The molecule has 3 heterocycles. The van der Waals surface area contributed by atoms with E-state index in [1.54, 1.807) is 11.3 Å². The number of aromatic nitrogens is 2. The van der Waals surface area contributed by atoms with Gasteiger partial charge in [-0.15, -0.1) is 11.3 Å². The summed E-state index contributed by atoms with van der Waals surface area (Å²) >= 11 is 1.72. The van der Waals surface area contributed by atoms with Crippen LogP contribution in [0.4, 0.5) is 5.00 Å². The third-order valence-corrected chi connectivity index (χ3v) is 14.7. The third-order valence-electron chi connectivity index (χ3n) is 9.45. The molecule has 1 aliphatic carbocycles. The van der Waals surface area contributed by atoms with Crippen LogP contribution < -0.4 is 4.90 Å². The molecule has 0 radical (unpaired) electrons. The van der Waals surface area contributed by atoms with Gasteiger partial charge in [0.1, 0.15) is 28.1 Å². The van der Waals surface area contributed by atoms with Crippen molar-refractivity contribution >= 4 is 34.8 Å². The van der Waals surface area contributed by atoms with Crippen molar-refractivity contribution in [3.05, 3.63) is 88.4 Å². The first-order valence-electron chi connectivity index (χ1n) is 17.0. The molecule has 1 atom stereocenters. The van der Waals surface area contributed by atoms with Gasteiger partial charge in [-0.25, -0.2) is 14.0 Å². The largest absolute Gasteiger partial charge is 0.454 e. The lowest BCUT2D eigenvalue weighted by atomic mass is 9.96. The maximum Gasteiger partial charge on any atom is 0.242 e. The van der Waals surface area contributed by atoms with Crippen LogP contribution in [0.1, 0.15) is 74.8 Å². The molecule has 0 saturated heterocycles. The third kappa shape index (κ3) is 5.87. The minimum absolute atomic E-state index is 0.571. The molecule has 0 N–H and O–H groups in total. The van der Waals surface area contributed by atoms with Gasteiger partial charge in [-0.05, 0) is 62.4 Å². The molecule has 0 bridgehead atoms. The number of anilines is 1. The van der Waals surface area contributed by atoms with E-state index in [0.717, 1.165) is 58.5 Å². The average Bonchev–Trinajstić information content (AvgIpc) is 3.83. The summed E-state index contributed by atoms with van der Waals surface area (Å²) in [5.41, 5.74) is 5.08. The van der Waals surface area contributed by atoms with Crippen molar-refractivity contribution in [3.63, 3.8) is 0 Å². The average molecular weight is 669 g/mol. The summed E-state index contributed by atoms with van der Waals surface area (Å²) in [5.74, 6) is 0.00809. The Balaban J connectivity index is 1.69. The van der Waals surface area contributed by atoms with Gasteiger partial charge in [0.15, 0.2) is 5.76 Å². The van der Waals surface area contributed by atoms with Crippen LogP contribution in [-0.2, 0) is 17.4 Å². The Kier molecular flexibility index (Phi) is 10.1. The second-order valence-electron chi connectivity index (χ2n) is 11.9. The first kappa shape index (κ1) is 33.2. The van der Waals surface area contributed by atoms with Crippen LogP contribution in [0.25, 0.3) is 28.1 Å². The van der Waals surface area contributed by atoms with Crippen molar-refractivity contribution in [2.75, 3.05) is 37.6 Å². The summed E-state index contributed by atoms with van der Waals surface area (Å²) in [5, 5.41) is 17.7. The van der Waals surface area contributed by atoms with Gasteiger partial charge in [-0.2, -0.15) is 10.4 Å². The highest BCUT2D eigenvalue weighted by molar-refractivity contribution is 7.59. The number of para-hydroxylation sites is 2. The predicted molar refractivity (Wildman–Crippen MR) is 194 cm³/mol. The van der Waals surface area contributed by atoms with Crippen LogP contribution in [-0.4, -0.2) is 51.8 Å². The summed E-state index contributed by atoms with van der Waals surface area (Å²) in [7, 11) is -3.41. The number of hydrogen-bond acceptors (Lipinski definition) is 6. The van der Waals surface area contributed by atoms with Crippen molar-refractivity contribution in [1.29, 1.82) is 5.26 Å². The molecule has 0 saturated carbocycles. The molecule has 0 amide bonds. The maximum absolute atomic E-state index is 16.4. The minimum atomic E-state index is -3.41. The number of benzene rings is 2. The molecule has 1 aliphatic rings. The number of hydrogen-bond donors (Lipinski definition) is 0. The Morgan fingerprint density at radius 2 is 1.60 bits per heavy atom. The highest BCUT2D eigenvalue weighted by atomic mass is 32.1. The fourth-order valence-corrected chi connectivity index (χ4v) is 12.5. The Labute approximate surface area is 282 Å². The van der Waals surface area contributed by atoms with Gasteiger partial charge < -0.3 is 9.32 Å². The van der Waals surface area contributed by atoms with E-state index in [0.29, 0.717) is 44.2 Å². The molecular formula is C37H45N6O2PS. The summed E-state index contributed by atoms with van der Waals surface area (Å²) in [4.78, 5) is 3.55. The van der Waals surface area contributed by atoms with Crippen molar-refractivity contribution in [1.82, 2.24) is 19.1 Å².